The van der Waals surface area contributed by atoms with Crippen LogP contribution in [0.15, 0.2) is 29.5 Å². The van der Waals surface area contributed by atoms with Gasteiger partial charge < -0.3 is 4.90 Å². The van der Waals surface area contributed by atoms with Gasteiger partial charge >= 0.3 is 0 Å². The number of hydrogen-bond acceptors (Lipinski definition) is 3. The Morgan fingerprint density at radius 3 is 2.75 bits per heavy atom. The monoisotopic (exact) mass is 221 g/mol. The number of rotatable bonds is 4. The van der Waals surface area contributed by atoms with Crippen LogP contribution in [0, 0.1) is 0 Å². The van der Waals surface area contributed by atoms with Crippen LogP contribution in [-0.4, -0.2) is 36.0 Å². The van der Waals surface area contributed by atoms with Gasteiger partial charge in [0.15, 0.2) is 0 Å². The van der Waals surface area contributed by atoms with E-state index in [1.54, 1.807) is 12.4 Å². The molecular weight excluding hydrogens is 202 g/mol. The molecule has 1 rings (SSSR count). The van der Waals surface area contributed by atoms with Crippen LogP contribution < -0.4 is 11.3 Å². The molecule has 5 heteroatoms. The molecule has 0 unspecified atom stereocenters. The molecule has 0 aliphatic heterocycles. The molecule has 0 saturated heterocycles. The standard InChI is InChI=1S/C11H19N5/c1-3-14-11(15-12)16(2)9-6-10-4-7-13-8-5-10/h4-5,7-8H,3,6,9,12H2,1-2H3,(H,14,15). The van der Waals surface area contributed by atoms with Crippen molar-refractivity contribution in [3.05, 3.63) is 30.1 Å². The van der Waals surface area contributed by atoms with Crippen molar-refractivity contribution in [2.24, 2.45) is 10.8 Å². The zero-order chi connectivity index (χ0) is 11.8. The Bertz CT molecular complexity index is 322. The maximum absolute atomic E-state index is 5.40. The van der Waals surface area contributed by atoms with Crippen LogP contribution in [0.2, 0.25) is 0 Å². The van der Waals surface area contributed by atoms with E-state index in [1.807, 2.05) is 31.0 Å². The number of nitrogens with zero attached hydrogens (tertiary/aromatic N) is 3. The van der Waals surface area contributed by atoms with Crippen LogP contribution in [0.25, 0.3) is 0 Å². The van der Waals surface area contributed by atoms with Gasteiger partial charge in [-0.25, -0.2) is 5.84 Å². The summed E-state index contributed by atoms with van der Waals surface area (Å²) >= 11 is 0. The van der Waals surface area contributed by atoms with E-state index in [1.165, 1.54) is 5.56 Å². The van der Waals surface area contributed by atoms with E-state index in [0.717, 1.165) is 25.5 Å². The first-order valence-electron chi connectivity index (χ1n) is 5.39. The first-order chi connectivity index (χ1) is 7.77. The lowest BCUT2D eigenvalue weighted by molar-refractivity contribution is 0.485. The summed E-state index contributed by atoms with van der Waals surface area (Å²) in [5.41, 5.74) is 3.86. The third-order valence-corrected chi connectivity index (χ3v) is 2.28. The normalized spacial score (nSPS) is 11.3. The van der Waals surface area contributed by atoms with E-state index >= 15 is 0 Å². The molecule has 1 heterocycles. The number of hydrogen-bond donors (Lipinski definition) is 2. The summed E-state index contributed by atoms with van der Waals surface area (Å²) in [5, 5.41) is 0. The molecule has 88 valence electrons. The molecule has 16 heavy (non-hydrogen) atoms. The molecule has 3 N–H and O–H groups in total. The summed E-state index contributed by atoms with van der Waals surface area (Å²) in [6.07, 6.45) is 4.55. The molecule has 0 saturated carbocycles. The van der Waals surface area contributed by atoms with Crippen LogP contribution in [0.4, 0.5) is 0 Å². The van der Waals surface area contributed by atoms with E-state index in [-0.39, 0.29) is 0 Å². The Morgan fingerprint density at radius 2 is 2.19 bits per heavy atom. The zero-order valence-corrected chi connectivity index (χ0v) is 9.85. The maximum Gasteiger partial charge on any atom is 0.208 e. The van der Waals surface area contributed by atoms with Gasteiger partial charge in [0.2, 0.25) is 5.96 Å². The largest absolute Gasteiger partial charge is 0.345 e. The quantitative estimate of drug-likeness (QED) is 0.334. The molecule has 0 bridgehead atoms. The summed E-state index contributed by atoms with van der Waals surface area (Å²) in [6, 6.07) is 4.03. The predicted octanol–water partition coefficient (Wildman–Crippen LogP) is 0.395. The third kappa shape index (κ3) is 3.86. The number of nitrogens with two attached hydrogens (primary N) is 1. The lowest BCUT2D eigenvalue weighted by atomic mass is 10.2. The summed E-state index contributed by atoms with van der Waals surface area (Å²) in [7, 11) is 1.97. The van der Waals surface area contributed by atoms with E-state index < -0.39 is 0 Å². The van der Waals surface area contributed by atoms with E-state index in [9.17, 15) is 0 Å². The summed E-state index contributed by atoms with van der Waals surface area (Å²) in [4.78, 5) is 10.2. The number of likely N-dealkylation sites (N-methyl/N-ethyl adjacent to an activating group) is 1. The molecule has 0 atom stereocenters. The fourth-order valence-electron chi connectivity index (χ4n) is 1.38. The summed E-state index contributed by atoms with van der Waals surface area (Å²) in [6.45, 7) is 3.57. The van der Waals surface area contributed by atoms with Gasteiger partial charge in [-0.1, -0.05) is 0 Å². The molecule has 0 spiro atoms. The van der Waals surface area contributed by atoms with Gasteiger partial charge in [0.1, 0.15) is 0 Å². The van der Waals surface area contributed by atoms with Crippen molar-refractivity contribution >= 4 is 5.96 Å². The average molecular weight is 221 g/mol. The molecule has 0 aliphatic carbocycles. The minimum atomic E-state index is 0.719. The molecule has 0 fully saturated rings. The van der Waals surface area contributed by atoms with Crippen LogP contribution in [-0.2, 0) is 6.42 Å². The Labute approximate surface area is 96.4 Å². The van der Waals surface area contributed by atoms with Gasteiger partial charge in [0, 0.05) is 32.5 Å². The fraction of sp³-hybridized carbons (Fsp3) is 0.455. The Morgan fingerprint density at radius 1 is 1.50 bits per heavy atom. The summed E-state index contributed by atoms with van der Waals surface area (Å²) in [5.74, 6) is 6.12. The second kappa shape index (κ2) is 6.79. The maximum atomic E-state index is 5.40. The van der Waals surface area contributed by atoms with E-state index in [4.69, 9.17) is 5.84 Å². The fourth-order valence-corrected chi connectivity index (χ4v) is 1.38. The highest BCUT2D eigenvalue weighted by Crippen LogP contribution is 1.98. The molecule has 0 amide bonds. The number of nitrogens with one attached hydrogen (secondary N) is 1. The third-order valence-electron chi connectivity index (χ3n) is 2.28. The molecular formula is C11H19N5. The van der Waals surface area contributed by atoms with Crippen LogP contribution in [0.3, 0.4) is 0 Å². The van der Waals surface area contributed by atoms with Gasteiger partial charge in [0.05, 0.1) is 0 Å². The van der Waals surface area contributed by atoms with Crippen LogP contribution >= 0.6 is 0 Å². The lowest BCUT2D eigenvalue weighted by Gasteiger charge is -2.20. The van der Waals surface area contributed by atoms with Crippen LogP contribution in [0.5, 0.6) is 0 Å². The molecule has 1 aromatic rings. The number of aromatic nitrogens is 1. The van der Waals surface area contributed by atoms with Crippen LogP contribution in [0.1, 0.15) is 12.5 Å². The number of aliphatic imine (C=N–C) groups is 1. The SMILES string of the molecule is CCN=C(NN)N(C)CCc1ccncc1. The average Bonchev–Trinajstić information content (AvgIpc) is 2.34. The van der Waals surface area contributed by atoms with Crippen molar-refractivity contribution < 1.29 is 0 Å². The van der Waals surface area contributed by atoms with Gasteiger partial charge in [-0.2, -0.15) is 0 Å². The highest BCUT2D eigenvalue weighted by atomic mass is 15.4. The predicted molar refractivity (Wildman–Crippen MR) is 65.9 cm³/mol. The van der Waals surface area contributed by atoms with Crippen molar-refractivity contribution in [1.29, 1.82) is 0 Å². The second-order valence-electron chi connectivity index (χ2n) is 3.47. The number of hydrazine groups is 1. The number of pyridine rings is 1. The molecule has 0 aromatic carbocycles. The molecule has 0 aliphatic rings. The lowest BCUT2D eigenvalue weighted by Crippen LogP contribution is -2.43. The molecule has 0 radical (unpaired) electrons. The highest BCUT2D eigenvalue weighted by Gasteiger charge is 2.03. The Balaban J connectivity index is 2.46. The van der Waals surface area contributed by atoms with Crippen molar-refractivity contribution in [2.75, 3.05) is 20.1 Å². The summed E-state index contributed by atoms with van der Waals surface area (Å²) < 4.78 is 0. The minimum absolute atomic E-state index is 0.719. The highest BCUT2D eigenvalue weighted by molar-refractivity contribution is 5.79. The Kier molecular flexibility index (Phi) is 5.28. The van der Waals surface area contributed by atoms with Gasteiger partial charge in [0.25, 0.3) is 0 Å². The Hall–Kier alpha value is -1.62. The van der Waals surface area contributed by atoms with Crippen molar-refractivity contribution in [3.8, 4) is 0 Å². The topological polar surface area (TPSA) is 66.5 Å². The molecule has 1 aromatic heterocycles. The van der Waals surface area contributed by atoms with E-state index in [2.05, 4.69) is 15.4 Å². The molecule has 5 nitrogen and oxygen atoms in total. The second-order valence-corrected chi connectivity index (χ2v) is 3.47. The number of guanidine groups is 1. The van der Waals surface area contributed by atoms with Gasteiger partial charge in [-0.3, -0.25) is 15.4 Å². The van der Waals surface area contributed by atoms with E-state index in [0.29, 0.717) is 0 Å². The first kappa shape index (κ1) is 12.4. The van der Waals surface area contributed by atoms with Crippen molar-refractivity contribution in [3.63, 3.8) is 0 Å². The van der Waals surface area contributed by atoms with Gasteiger partial charge in [-0.15, -0.1) is 0 Å². The zero-order valence-electron chi connectivity index (χ0n) is 9.85. The van der Waals surface area contributed by atoms with Gasteiger partial charge in [-0.05, 0) is 31.0 Å². The smallest absolute Gasteiger partial charge is 0.208 e. The first-order valence-corrected chi connectivity index (χ1v) is 5.39. The van der Waals surface area contributed by atoms with Crippen molar-refractivity contribution in [2.45, 2.75) is 13.3 Å². The minimum Gasteiger partial charge on any atom is -0.345 e. The van der Waals surface area contributed by atoms with Crippen molar-refractivity contribution in [1.82, 2.24) is 15.3 Å².